The summed E-state index contributed by atoms with van der Waals surface area (Å²) in [5.74, 6) is 2.69. The molecule has 5 heteroatoms. The molecule has 0 bridgehead atoms. The van der Waals surface area contributed by atoms with E-state index in [-0.39, 0.29) is 18.3 Å². The van der Waals surface area contributed by atoms with E-state index in [0.29, 0.717) is 23.6 Å². The van der Waals surface area contributed by atoms with Crippen molar-refractivity contribution in [3.05, 3.63) is 0 Å². The molecule has 1 amide bonds. The molecule has 1 saturated heterocycles. The number of hydrogen-bond donors (Lipinski definition) is 2. The highest BCUT2D eigenvalue weighted by atomic mass is 35.5. The van der Waals surface area contributed by atoms with Crippen molar-refractivity contribution in [2.24, 2.45) is 11.8 Å². The van der Waals surface area contributed by atoms with Crippen LogP contribution in [0.2, 0.25) is 0 Å². The maximum atomic E-state index is 12.3. The third kappa shape index (κ3) is 5.99. The number of rotatable bonds is 6. The highest BCUT2D eigenvalue weighted by Crippen LogP contribution is 2.30. The van der Waals surface area contributed by atoms with E-state index in [9.17, 15) is 4.79 Å². The van der Waals surface area contributed by atoms with Crippen molar-refractivity contribution in [1.82, 2.24) is 10.6 Å². The van der Waals surface area contributed by atoms with Gasteiger partial charge in [0, 0.05) is 17.7 Å². The minimum atomic E-state index is 0. The Bertz CT molecular complexity index is 311. The summed E-state index contributed by atoms with van der Waals surface area (Å²) in [7, 11) is 0. The van der Waals surface area contributed by atoms with Crippen LogP contribution in [0.25, 0.3) is 0 Å². The maximum absolute atomic E-state index is 12.3. The van der Waals surface area contributed by atoms with Gasteiger partial charge in [-0.15, -0.1) is 12.4 Å². The fraction of sp³-hybridized carbons (Fsp3) is 0.938. The van der Waals surface area contributed by atoms with Gasteiger partial charge in [-0.05, 0) is 56.4 Å². The zero-order valence-corrected chi connectivity index (χ0v) is 15.0. The second-order valence-electron chi connectivity index (χ2n) is 6.37. The maximum Gasteiger partial charge on any atom is 0.220 e. The average molecular weight is 335 g/mol. The fourth-order valence-corrected chi connectivity index (χ4v) is 4.84. The van der Waals surface area contributed by atoms with Crippen molar-refractivity contribution in [2.75, 3.05) is 18.8 Å². The largest absolute Gasteiger partial charge is 0.352 e. The molecular formula is C16H31ClN2OS. The normalized spacial score (nSPS) is 27.9. The molecule has 1 aliphatic heterocycles. The Morgan fingerprint density at radius 1 is 1.29 bits per heavy atom. The molecule has 0 spiro atoms. The SMILES string of the molecule is CCSC1CCCC1NC(=O)CC(C)C1CCNCC1.Cl. The lowest BCUT2D eigenvalue weighted by atomic mass is 9.84. The Kier molecular flexibility index (Phi) is 9.07. The highest BCUT2D eigenvalue weighted by Gasteiger charge is 2.29. The van der Waals surface area contributed by atoms with Gasteiger partial charge in [0.05, 0.1) is 0 Å². The summed E-state index contributed by atoms with van der Waals surface area (Å²) >= 11 is 2.01. The van der Waals surface area contributed by atoms with Gasteiger partial charge in [-0.1, -0.05) is 20.3 Å². The summed E-state index contributed by atoms with van der Waals surface area (Å²) in [6, 6.07) is 0.424. The molecule has 0 aromatic rings. The summed E-state index contributed by atoms with van der Waals surface area (Å²) < 4.78 is 0. The third-order valence-electron chi connectivity index (χ3n) is 4.88. The van der Waals surface area contributed by atoms with Crippen LogP contribution in [0, 0.1) is 11.8 Å². The van der Waals surface area contributed by atoms with E-state index in [0.717, 1.165) is 24.8 Å². The molecule has 3 unspecified atom stereocenters. The number of amides is 1. The Morgan fingerprint density at radius 2 is 2.00 bits per heavy atom. The number of thioether (sulfide) groups is 1. The zero-order chi connectivity index (χ0) is 14.4. The van der Waals surface area contributed by atoms with Gasteiger partial charge in [0.2, 0.25) is 5.91 Å². The Balaban J connectivity index is 0.00000220. The molecule has 1 aliphatic carbocycles. The van der Waals surface area contributed by atoms with Gasteiger partial charge >= 0.3 is 0 Å². The summed E-state index contributed by atoms with van der Waals surface area (Å²) in [6.07, 6.45) is 6.88. The number of hydrogen-bond acceptors (Lipinski definition) is 3. The van der Waals surface area contributed by atoms with Gasteiger partial charge < -0.3 is 10.6 Å². The molecular weight excluding hydrogens is 304 g/mol. The van der Waals surface area contributed by atoms with E-state index in [1.54, 1.807) is 0 Å². The van der Waals surface area contributed by atoms with Gasteiger partial charge in [0.1, 0.15) is 0 Å². The molecule has 2 aliphatic rings. The monoisotopic (exact) mass is 334 g/mol. The molecule has 0 aromatic carbocycles. The number of carbonyl (C=O) groups is 1. The van der Waals surface area contributed by atoms with Gasteiger partial charge in [0.15, 0.2) is 0 Å². The molecule has 0 aromatic heterocycles. The van der Waals surface area contributed by atoms with E-state index in [1.165, 1.54) is 32.1 Å². The molecule has 1 saturated carbocycles. The van der Waals surface area contributed by atoms with Gasteiger partial charge in [-0.2, -0.15) is 11.8 Å². The van der Waals surface area contributed by atoms with Crippen LogP contribution in [-0.2, 0) is 4.79 Å². The Morgan fingerprint density at radius 3 is 2.67 bits per heavy atom. The van der Waals surface area contributed by atoms with Crippen LogP contribution in [-0.4, -0.2) is 36.0 Å². The highest BCUT2D eigenvalue weighted by molar-refractivity contribution is 7.99. The third-order valence-corrected chi connectivity index (χ3v) is 6.20. The first-order valence-corrected chi connectivity index (χ1v) is 9.37. The van der Waals surface area contributed by atoms with E-state index in [1.807, 2.05) is 11.8 Å². The Hall–Kier alpha value is 0.0700. The summed E-state index contributed by atoms with van der Waals surface area (Å²) in [4.78, 5) is 12.3. The van der Waals surface area contributed by atoms with E-state index in [4.69, 9.17) is 0 Å². The molecule has 3 atom stereocenters. The minimum absolute atomic E-state index is 0. The van der Waals surface area contributed by atoms with Gasteiger partial charge in [-0.3, -0.25) is 4.79 Å². The number of piperidine rings is 1. The van der Waals surface area contributed by atoms with Crippen molar-refractivity contribution in [2.45, 2.75) is 63.7 Å². The van der Waals surface area contributed by atoms with Crippen molar-refractivity contribution in [3.8, 4) is 0 Å². The molecule has 2 rings (SSSR count). The average Bonchev–Trinajstić information content (AvgIpc) is 2.87. The van der Waals surface area contributed by atoms with Crippen molar-refractivity contribution in [1.29, 1.82) is 0 Å². The van der Waals surface area contributed by atoms with Crippen molar-refractivity contribution < 1.29 is 4.79 Å². The van der Waals surface area contributed by atoms with Crippen LogP contribution in [0.4, 0.5) is 0 Å². The Labute approximate surface area is 140 Å². The smallest absolute Gasteiger partial charge is 0.220 e. The predicted octanol–water partition coefficient (Wildman–Crippen LogP) is 3.22. The topological polar surface area (TPSA) is 41.1 Å². The lowest BCUT2D eigenvalue weighted by Gasteiger charge is -2.28. The van der Waals surface area contributed by atoms with E-state index in [2.05, 4.69) is 24.5 Å². The summed E-state index contributed by atoms with van der Waals surface area (Å²) in [5.41, 5.74) is 0. The predicted molar refractivity (Wildman–Crippen MR) is 94.3 cm³/mol. The molecule has 1 heterocycles. The van der Waals surface area contributed by atoms with Crippen LogP contribution in [0.1, 0.15) is 52.4 Å². The van der Waals surface area contributed by atoms with Crippen LogP contribution < -0.4 is 10.6 Å². The van der Waals surface area contributed by atoms with E-state index >= 15 is 0 Å². The molecule has 2 fully saturated rings. The molecule has 2 N–H and O–H groups in total. The number of nitrogens with one attached hydrogen (secondary N) is 2. The van der Waals surface area contributed by atoms with Gasteiger partial charge in [-0.25, -0.2) is 0 Å². The lowest BCUT2D eigenvalue weighted by molar-refractivity contribution is -0.123. The first-order chi connectivity index (χ1) is 9.70. The fourth-order valence-electron chi connectivity index (χ4n) is 3.64. The first kappa shape index (κ1) is 19.1. The van der Waals surface area contributed by atoms with Crippen LogP contribution in [0.5, 0.6) is 0 Å². The standard InChI is InChI=1S/C16H30N2OS.ClH/c1-3-20-15-6-4-5-14(15)18-16(19)11-12(2)13-7-9-17-10-8-13;/h12-15,17H,3-11H2,1-2H3,(H,18,19);1H. The van der Waals surface area contributed by atoms with Crippen molar-refractivity contribution >= 4 is 30.1 Å². The number of halogens is 1. The van der Waals surface area contributed by atoms with Gasteiger partial charge in [0.25, 0.3) is 0 Å². The molecule has 3 nitrogen and oxygen atoms in total. The first-order valence-electron chi connectivity index (χ1n) is 8.32. The second kappa shape index (κ2) is 9.96. The minimum Gasteiger partial charge on any atom is -0.352 e. The summed E-state index contributed by atoms with van der Waals surface area (Å²) in [5, 5.41) is 7.36. The summed E-state index contributed by atoms with van der Waals surface area (Å²) in [6.45, 7) is 6.70. The number of carbonyl (C=O) groups excluding carboxylic acids is 1. The van der Waals surface area contributed by atoms with E-state index < -0.39 is 0 Å². The zero-order valence-electron chi connectivity index (χ0n) is 13.4. The van der Waals surface area contributed by atoms with Crippen LogP contribution >= 0.6 is 24.2 Å². The van der Waals surface area contributed by atoms with Crippen LogP contribution in [0.3, 0.4) is 0 Å². The molecule has 0 radical (unpaired) electrons. The molecule has 124 valence electrons. The van der Waals surface area contributed by atoms with Crippen LogP contribution in [0.15, 0.2) is 0 Å². The molecule has 21 heavy (non-hydrogen) atoms. The lowest BCUT2D eigenvalue weighted by Crippen LogP contribution is -2.40. The quantitative estimate of drug-likeness (QED) is 0.783. The second-order valence-corrected chi connectivity index (χ2v) is 7.88. The van der Waals surface area contributed by atoms with Crippen molar-refractivity contribution in [3.63, 3.8) is 0 Å².